The molecule has 0 saturated carbocycles. The summed E-state index contributed by atoms with van der Waals surface area (Å²) in [6, 6.07) is 2.62. The van der Waals surface area contributed by atoms with Crippen molar-refractivity contribution >= 4 is 6.03 Å². The van der Waals surface area contributed by atoms with E-state index in [2.05, 4.69) is 22.3 Å². The minimum Gasteiger partial charge on any atom is -0.359 e. The highest BCUT2D eigenvalue weighted by Crippen LogP contribution is 2.32. The van der Waals surface area contributed by atoms with E-state index >= 15 is 0 Å². The maximum atomic E-state index is 12.5. The van der Waals surface area contributed by atoms with Gasteiger partial charge in [-0.1, -0.05) is 11.6 Å². The summed E-state index contributed by atoms with van der Waals surface area (Å²) in [6.45, 7) is 7.78. The lowest BCUT2D eigenvalue weighted by atomic mass is 10.0. The average Bonchev–Trinajstić information content (AvgIpc) is 3.17. The fourth-order valence-corrected chi connectivity index (χ4v) is 3.74. The number of nitrogens with one attached hydrogen (secondary N) is 1. The molecule has 6 nitrogen and oxygen atoms in total. The third kappa shape index (κ3) is 3.86. The Balaban J connectivity index is 1.49. The Morgan fingerprint density at radius 1 is 1.35 bits per heavy atom. The zero-order valence-electron chi connectivity index (χ0n) is 14.3. The van der Waals surface area contributed by atoms with Crippen LogP contribution in [0.1, 0.15) is 56.5 Å². The monoisotopic (exact) mass is 320 g/mol. The van der Waals surface area contributed by atoms with E-state index in [-0.39, 0.29) is 12.1 Å². The van der Waals surface area contributed by atoms with Gasteiger partial charge in [0.05, 0.1) is 11.7 Å². The van der Waals surface area contributed by atoms with Crippen molar-refractivity contribution in [3.05, 3.63) is 17.5 Å². The zero-order chi connectivity index (χ0) is 16.2. The van der Waals surface area contributed by atoms with E-state index in [0.29, 0.717) is 12.6 Å². The third-order valence-corrected chi connectivity index (χ3v) is 5.10. The van der Waals surface area contributed by atoms with Crippen molar-refractivity contribution in [2.45, 2.75) is 58.0 Å². The molecule has 1 aromatic rings. The number of carbonyl (C=O) groups excluding carboxylic acids is 1. The lowest BCUT2D eigenvalue weighted by molar-refractivity contribution is 0.155. The SMILES string of the molecule is Cc1cc([C@@H]2CCCN2C(=O)NCCN2CCCC[C@@H]2C)on1. The molecular formula is C17H28N4O2. The predicted molar refractivity (Wildman–Crippen MR) is 88.2 cm³/mol. The van der Waals surface area contributed by atoms with Crippen LogP contribution in [0.25, 0.3) is 0 Å². The molecule has 2 saturated heterocycles. The molecule has 3 heterocycles. The molecule has 2 atom stereocenters. The Labute approximate surface area is 138 Å². The van der Waals surface area contributed by atoms with Gasteiger partial charge in [0.1, 0.15) is 0 Å². The maximum absolute atomic E-state index is 12.5. The van der Waals surface area contributed by atoms with E-state index in [0.717, 1.165) is 43.9 Å². The molecule has 3 rings (SSSR count). The minimum atomic E-state index is 0.0196. The summed E-state index contributed by atoms with van der Waals surface area (Å²) in [5, 5.41) is 7.03. The van der Waals surface area contributed by atoms with Crippen LogP contribution >= 0.6 is 0 Å². The molecule has 1 N–H and O–H groups in total. The Morgan fingerprint density at radius 2 is 2.22 bits per heavy atom. The lowest BCUT2D eigenvalue weighted by Gasteiger charge is -2.33. The van der Waals surface area contributed by atoms with Crippen LogP contribution in [0.2, 0.25) is 0 Å². The number of aryl methyl sites for hydroxylation is 1. The molecule has 1 aromatic heterocycles. The number of urea groups is 1. The molecule has 0 spiro atoms. The number of hydrogen-bond donors (Lipinski definition) is 1. The quantitative estimate of drug-likeness (QED) is 0.926. The number of nitrogens with zero attached hydrogens (tertiary/aromatic N) is 3. The van der Waals surface area contributed by atoms with Gasteiger partial charge in [0.2, 0.25) is 0 Å². The Bertz CT molecular complexity index is 530. The standard InChI is InChI=1S/C17H28N4O2/c1-13-12-16(23-19-13)15-7-5-10-21(15)17(22)18-8-11-20-9-4-3-6-14(20)2/h12,14-15H,3-11H2,1-2H3,(H,18,22)/t14-,15-/m0/s1. The fraction of sp³-hybridized carbons (Fsp3) is 0.765. The van der Waals surface area contributed by atoms with Crippen molar-refractivity contribution in [2.24, 2.45) is 0 Å². The molecule has 0 aliphatic carbocycles. The summed E-state index contributed by atoms with van der Waals surface area (Å²) >= 11 is 0. The highest BCUT2D eigenvalue weighted by Gasteiger charge is 2.32. The van der Waals surface area contributed by atoms with Crippen molar-refractivity contribution < 1.29 is 9.32 Å². The molecule has 6 heteroatoms. The maximum Gasteiger partial charge on any atom is 0.318 e. The largest absolute Gasteiger partial charge is 0.359 e. The first-order valence-corrected chi connectivity index (χ1v) is 8.87. The number of aromatic nitrogens is 1. The van der Waals surface area contributed by atoms with Gasteiger partial charge in [-0.3, -0.25) is 4.90 Å². The zero-order valence-corrected chi connectivity index (χ0v) is 14.3. The second kappa shape index (κ2) is 7.34. The molecule has 23 heavy (non-hydrogen) atoms. The summed E-state index contributed by atoms with van der Waals surface area (Å²) in [6.07, 6.45) is 5.84. The van der Waals surface area contributed by atoms with Gasteiger partial charge >= 0.3 is 6.03 Å². The second-order valence-corrected chi connectivity index (χ2v) is 6.83. The Kier molecular flexibility index (Phi) is 5.20. The number of hydrogen-bond acceptors (Lipinski definition) is 4. The van der Waals surface area contributed by atoms with Gasteiger partial charge in [-0.05, 0) is 46.1 Å². The predicted octanol–water partition coefficient (Wildman–Crippen LogP) is 2.70. The summed E-state index contributed by atoms with van der Waals surface area (Å²) < 4.78 is 5.36. The van der Waals surface area contributed by atoms with Gasteiger partial charge in [0.15, 0.2) is 5.76 Å². The van der Waals surface area contributed by atoms with Crippen molar-refractivity contribution in [1.29, 1.82) is 0 Å². The molecule has 0 unspecified atom stereocenters. The topological polar surface area (TPSA) is 61.6 Å². The smallest absolute Gasteiger partial charge is 0.318 e. The van der Waals surface area contributed by atoms with Crippen LogP contribution in [0.4, 0.5) is 4.79 Å². The molecule has 2 aliphatic rings. The van der Waals surface area contributed by atoms with E-state index in [4.69, 9.17) is 4.52 Å². The van der Waals surface area contributed by atoms with Crippen LogP contribution in [0.3, 0.4) is 0 Å². The number of piperidine rings is 1. The molecule has 0 aromatic carbocycles. The summed E-state index contributed by atoms with van der Waals surface area (Å²) in [7, 11) is 0. The molecular weight excluding hydrogens is 292 g/mol. The van der Waals surface area contributed by atoms with Crippen LogP contribution in [-0.2, 0) is 0 Å². The molecule has 128 valence electrons. The van der Waals surface area contributed by atoms with Crippen LogP contribution < -0.4 is 5.32 Å². The van der Waals surface area contributed by atoms with Crippen molar-refractivity contribution in [1.82, 2.24) is 20.3 Å². The number of likely N-dealkylation sites (tertiary alicyclic amines) is 2. The first-order chi connectivity index (χ1) is 11.1. The normalized spacial score (nSPS) is 25.7. The Morgan fingerprint density at radius 3 is 2.96 bits per heavy atom. The molecule has 2 aliphatic heterocycles. The molecule has 0 radical (unpaired) electrons. The van der Waals surface area contributed by atoms with Gasteiger partial charge < -0.3 is 14.7 Å². The average molecular weight is 320 g/mol. The number of carbonyl (C=O) groups is 1. The van der Waals surface area contributed by atoms with Gasteiger partial charge in [-0.15, -0.1) is 0 Å². The highest BCUT2D eigenvalue weighted by molar-refractivity contribution is 5.75. The van der Waals surface area contributed by atoms with Gasteiger partial charge in [0.25, 0.3) is 0 Å². The van der Waals surface area contributed by atoms with E-state index in [1.165, 1.54) is 19.3 Å². The second-order valence-electron chi connectivity index (χ2n) is 6.83. The van der Waals surface area contributed by atoms with Crippen molar-refractivity contribution in [3.8, 4) is 0 Å². The van der Waals surface area contributed by atoms with Crippen molar-refractivity contribution in [3.63, 3.8) is 0 Å². The van der Waals surface area contributed by atoms with Gasteiger partial charge in [-0.25, -0.2) is 4.79 Å². The van der Waals surface area contributed by atoms with Gasteiger partial charge in [0, 0.05) is 31.7 Å². The first kappa shape index (κ1) is 16.3. The number of rotatable bonds is 4. The lowest BCUT2D eigenvalue weighted by Crippen LogP contribution is -2.45. The third-order valence-electron chi connectivity index (χ3n) is 5.10. The fourth-order valence-electron chi connectivity index (χ4n) is 3.74. The number of amides is 2. The van der Waals surface area contributed by atoms with Crippen LogP contribution in [-0.4, -0.2) is 53.2 Å². The molecule has 2 amide bonds. The highest BCUT2D eigenvalue weighted by atomic mass is 16.5. The summed E-state index contributed by atoms with van der Waals surface area (Å²) in [4.78, 5) is 16.9. The van der Waals surface area contributed by atoms with Gasteiger partial charge in [-0.2, -0.15) is 0 Å². The summed E-state index contributed by atoms with van der Waals surface area (Å²) in [5.41, 5.74) is 0.867. The summed E-state index contributed by atoms with van der Waals surface area (Å²) in [5.74, 6) is 0.805. The minimum absolute atomic E-state index is 0.0196. The van der Waals surface area contributed by atoms with E-state index < -0.39 is 0 Å². The van der Waals surface area contributed by atoms with E-state index in [1.807, 2.05) is 17.9 Å². The van der Waals surface area contributed by atoms with Crippen molar-refractivity contribution in [2.75, 3.05) is 26.2 Å². The van der Waals surface area contributed by atoms with E-state index in [1.54, 1.807) is 0 Å². The first-order valence-electron chi connectivity index (χ1n) is 8.87. The molecule has 0 bridgehead atoms. The molecule has 2 fully saturated rings. The van der Waals surface area contributed by atoms with Crippen LogP contribution in [0.5, 0.6) is 0 Å². The van der Waals surface area contributed by atoms with Crippen LogP contribution in [0.15, 0.2) is 10.6 Å². The van der Waals surface area contributed by atoms with Crippen LogP contribution in [0, 0.1) is 6.92 Å². The Hall–Kier alpha value is -1.56. The van der Waals surface area contributed by atoms with E-state index in [9.17, 15) is 4.79 Å².